The van der Waals surface area contributed by atoms with Gasteiger partial charge < -0.3 is 24.6 Å². The van der Waals surface area contributed by atoms with Crippen LogP contribution in [0, 0.1) is 5.92 Å². The summed E-state index contributed by atoms with van der Waals surface area (Å²) in [5, 5.41) is 3.44. The van der Waals surface area contributed by atoms with Crippen molar-refractivity contribution in [2.75, 3.05) is 60.5 Å². The lowest BCUT2D eigenvalue weighted by molar-refractivity contribution is 0.186. The number of guanidine groups is 1. The van der Waals surface area contributed by atoms with E-state index in [2.05, 4.69) is 48.1 Å². The number of nitrogens with one attached hydrogen (secondary N) is 1. The molecular weight excluding hydrogens is 479 g/mol. The molecule has 1 fully saturated rings. The second-order valence-electron chi connectivity index (χ2n) is 7.46. The zero-order chi connectivity index (χ0) is 20.4. The Balaban J connectivity index is 0.00000420. The van der Waals surface area contributed by atoms with Crippen molar-refractivity contribution in [1.82, 2.24) is 15.1 Å². The van der Waals surface area contributed by atoms with Crippen LogP contribution >= 0.6 is 24.0 Å². The monoisotopic (exact) mass is 518 g/mol. The normalized spacial score (nSPS) is 17.4. The van der Waals surface area contributed by atoms with Gasteiger partial charge in [-0.15, -0.1) is 24.0 Å². The molecule has 29 heavy (non-hydrogen) atoms. The molecule has 1 aromatic carbocycles. The number of rotatable bonds is 9. The zero-order valence-electron chi connectivity index (χ0n) is 18.7. The summed E-state index contributed by atoms with van der Waals surface area (Å²) in [5.74, 6) is 3.21. The quantitative estimate of drug-likeness (QED) is 0.308. The molecule has 6 nitrogen and oxygen atoms in total. The van der Waals surface area contributed by atoms with E-state index in [0.29, 0.717) is 5.92 Å². The molecule has 0 radical (unpaired) electrons. The fourth-order valence-corrected chi connectivity index (χ4v) is 3.71. The van der Waals surface area contributed by atoms with Crippen LogP contribution in [0.25, 0.3) is 0 Å². The van der Waals surface area contributed by atoms with Crippen LogP contribution < -0.4 is 14.8 Å². The fourth-order valence-electron chi connectivity index (χ4n) is 3.71. The summed E-state index contributed by atoms with van der Waals surface area (Å²) in [6.07, 6.45) is 3.50. The molecule has 1 unspecified atom stereocenters. The molecule has 0 bridgehead atoms. The predicted molar refractivity (Wildman–Crippen MR) is 132 cm³/mol. The summed E-state index contributed by atoms with van der Waals surface area (Å²) in [4.78, 5) is 9.70. The smallest absolute Gasteiger partial charge is 0.193 e. The van der Waals surface area contributed by atoms with E-state index in [1.807, 2.05) is 6.07 Å². The number of nitrogens with zero attached hydrogens (tertiary/aromatic N) is 3. The number of piperidine rings is 1. The van der Waals surface area contributed by atoms with Crippen LogP contribution in [0.4, 0.5) is 0 Å². The molecule has 1 aromatic rings. The summed E-state index contributed by atoms with van der Waals surface area (Å²) in [5.41, 5.74) is 1.23. The van der Waals surface area contributed by atoms with Gasteiger partial charge in [0.15, 0.2) is 17.5 Å². The molecule has 1 saturated heterocycles. The minimum absolute atomic E-state index is 0. The summed E-state index contributed by atoms with van der Waals surface area (Å²) >= 11 is 0. The average Bonchev–Trinajstić information content (AvgIpc) is 2.74. The van der Waals surface area contributed by atoms with Crippen molar-refractivity contribution in [3.63, 3.8) is 0 Å². The highest BCUT2D eigenvalue weighted by atomic mass is 127. The zero-order valence-corrected chi connectivity index (χ0v) is 21.1. The minimum Gasteiger partial charge on any atom is -0.493 e. The molecule has 166 valence electrons. The van der Waals surface area contributed by atoms with Crippen molar-refractivity contribution < 1.29 is 9.47 Å². The van der Waals surface area contributed by atoms with Crippen LogP contribution in [0.3, 0.4) is 0 Å². The molecule has 7 heteroatoms. The molecule has 0 saturated carbocycles. The topological polar surface area (TPSA) is 49.3 Å². The minimum atomic E-state index is 0. The van der Waals surface area contributed by atoms with Crippen LogP contribution in [-0.2, 0) is 6.42 Å². The third-order valence-electron chi connectivity index (χ3n) is 5.43. The first kappa shape index (κ1) is 25.8. The Hall–Kier alpha value is -1.22. The van der Waals surface area contributed by atoms with E-state index in [4.69, 9.17) is 14.5 Å². The van der Waals surface area contributed by atoms with Gasteiger partial charge in [0.25, 0.3) is 0 Å². The van der Waals surface area contributed by atoms with E-state index in [-0.39, 0.29) is 24.0 Å². The van der Waals surface area contributed by atoms with Gasteiger partial charge in [0.2, 0.25) is 0 Å². The molecule has 0 aromatic heterocycles. The average molecular weight is 518 g/mol. The van der Waals surface area contributed by atoms with Crippen molar-refractivity contribution >= 4 is 29.9 Å². The van der Waals surface area contributed by atoms with Crippen LogP contribution in [0.1, 0.15) is 32.3 Å². The Morgan fingerprint density at radius 1 is 1.24 bits per heavy atom. The lowest BCUT2D eigenvalue weighted by Crippen LogP contribution is -2.41. The van der Waals surface area contributed by atoms with Crippen molar-refractivity contribution in [3.8, 4) is 11.5 Å². The van der Waals surface area contributed by atoms with Gasteiger partial charge in [-0.3, -0.25) is 4.99 Å². The first-order valence-electron chi connectivity index (χ1n) is 10.5. The van der Waals surface area contributed by atoms with E-state index in [1.54, 1.807) is 14.2 Å². The molecule has 2 rings (SSSR count). The summed E-state index contributed by atoms with van der Waals surface area (Å²) in [7, 11) is 5.45. The first-order valence-corrected chi connectivity index (χ1v) is 10.5. The Labute approximate surface area is 194 Å². The second-order valence-corrected chi connectivity index (χ2v) is 7.46. The van der Waals surface area contributed by atoms with Gasteiger partial charge in [-0.2, -0.15) is 0 Å². The van der Waals surface area contributed by atoms with E-state index in [1.165, 1.54) is 31.5 Å². The molecule has 1 N–H and O–H groups in total. The lowest BCUT2D eigenvalue weighted by atomic mass is 9.98. The molecule has 0 aliphatic carbocycles. The third-order valence-corrected chi connectivity index (χ3v) is 5.43. The van der Waals surface area contributed by atoms with Gasteiger partial charge >= 0.3 is 0 Å². The Kier molecular flexibility index (Phi) is 12.4. The van der Waals surface area contributed by atoms with Crippen molar-refractivity contribution in [3.05, 3.63) is 23.8 Å². The van der Waals surface area contributed by atoms with E-state index >= 15 is 0 Å². The van der Waals surface area contributed by atoms with Gasteiger partial charge in [0.1, 0.15) is 0 Å². The molecule has 1 aliphatic rings. The van der Waals surface area contributed by atoms with Gasteiger partial charge in [-0.1, -0.05) is 13.0 Å². The third kappa shape index (κ3) is 8.20. The number of likely N-dealkylation sites (tertiary alicyclic amines) is 1. The molecule has 0 amide bonds. The summed E-state index contributed by atoms with van der Waals surface area (Å²) in [6.45, 7) is 10.6. The Morgan fingerprint density at radius 3 is 2.66 bits per heavy atom. The highest BCUT2D eigenvalue weighted by molar-refractivity contribution is 14.0. The van der Waals surface area contributed by atoms with E-state index in [0.717, 1.165) is 50.1 Å². The molecular formula is C22H39IN4O2. The second kappa shape index (κ2) is 13.9. The first-order chi connectivity index (χ1) is 13.6. The van der Waals surface area contributed by atoms with Gasteiger partial charge in [0, 0.05) is 33.2 Å². The van der Waals surface area contributed by atoms with E-state index < -0.39 is 0 Å². The number of hydrogen-bond donors (Lipinski definition) is 1. The van der Waals surface area contributed by atoms with E-state index in [9.17, 15) is 0 Å². The van der Waals surface area contributed by atoms with Crippen molar-refractivity contribution in [2.24, 2.45) is 10.9 Å². The number of hydrogen-bond acceptors (Lipinski definition) is 4. The number of halogens is 1. The summed E-state index contributed by atoms with van der Waals surface area (Å²) in [6, 6.07) is 6.12. The van der Waals surface area contributed by atoms with Crippen LogP contribution in [0.5, 0.6) is 11.5 Å². The van der Waals surface area contributed by atoms with Crippen molar-refractivity contribution in [1.29, 1.82) is 0 Å². The lowest BCUT2D eigenvalue weighted by Gasteiger charge is -2.31. The SMILES string of the molecule is CCNC(=NCC1CCCN(CC)C1)N(C)CCc1ccc(OC)c(OC)c1.I. The maximum Gasteiger partial charge on any atom is 0.193 e. The number of benzene rings is 1. The van der Waals surface area contributed by atoms with Crippen LogP contribution in [0.2, 0.25) is 0 Å². The standard InChI is InChI=1S/C22H38N4O2.HI/c1-6-23-22(24-16-19-9-8-13-26(7-2)17-19)25(3)14-12-18-10-11-20(27-4)21(15-18)28-5;/h10-11,15,19H,6-9,12-14,16-17H2,1-5H3,(H,23,24);1H. The maximum atomic E-state index is 5.41. The Morgan fingerprint density at radius 2 is 2.00 bits per heavy atom. The van der Waals surface area contributed by atoms with Crippen LogP contribution in [-0.4, -0.2) is 76.3 Å². The predicted octanol–water partition coefficient (Wildman–Crippen LogP) is 3.49. The number of aliphatic imine (C=N–C) groups is 1. The van der Waals surface area contributed by atoms with Crippen molar-refractivity contribution in [2.45, 2.75) is 33.1 Å². The Bertz CT molecular complexity index is 627. The highest BCUT2D eigenvalue weighted by Gasteiger charge is 2.18. The molecule has 1 atom stereocenters. The molecule has 0 spiro atoms. The molecule has 1 aliphatic heterocycles. The number of methoxy groups -OCH3 is 2. The van der Waals surface area contributed by atoms with Crippen LogP contribution in [0.15, 0.2) is 23.2 Å². The molecule has 1 heterocycles. The summed E-state index contributed by atoms with van der Waals surface area (Å²) < 4.78 is 10.7. The van der Waals surface area contributed by atoms with Gasteiger partial charge in [-0.05, 0) is 62.9 Å². The van der Waals surface area contributed by atoms with Gasteiger partial charge in [0.05, 0.1) is 14.2 Å². The fraction of sp³-hybridized carbons (Fsp3) is 0.682. The largest absolute Gasteiger partial charge is 0.493 e. The van der Waals surface area contributed by atoms with Gasteiger partial charge in [-0.25, -0.2) is 0 Å². The highest BCUT2D eigenvalue weighted by Crippen LogP contribution is 2.27. The maximum absolute atomic E-state index is 5.41. The number of likely N-dealkylation sites (N-methyl/N-ethyl adjacent to an activating group) is 1. The number of ether oxygens (including phenoxy) is 2.